The maximum atomic E-state index is 6.17. The summed E-state index contributed by atoms with van der Waals surface area (Å²) >= 11 is 1.91. The number of rotatable bonds is 2. The molecule has 0 aliphatic carbocycles. The quantitative estimate of drug-likeness (QED) is 0.874. The predicted molar refractivity (Wildman–Crippen MR) is 73.2 cm³/mol. The molecule has 2 saturated heterocycles. The topological polar surface area (TPSA) is 29.3 Å². The van der Waals surface area contributed by atoms with Crippen molar-refractivity contribution >= 4 is 11.3 Å². The van der Waals surface area contributed by atoms with E-state index in [0.717, 1.165) is 18.6 Å². The molecule has 0 spiro atoms. The highest BCUT2D eigenvalue weighted by atomic mass is 32.1. The van der Waals surface area contributed by atoms with Gasteiger partial charge in [0, 0.05) is 29.5 Å². The van der Waals surface area contributed by atoms with Gasteiger partial charge >= 0.3 is 0 Å². The lowest BCUT2D eigenvalue weighted by atomic mass is 9.82. The fourth-order valence-electron chi connectivity index (χ4n) is 3.51. The lowest BCUT2D eigenvalue weighted by Gasteiger charge is -2.48. The van der Waals surface area contributed by atoms with Crippen LogP contribution in [0.2, 0.25) is 0 Å². The van der Waals surface area contributed by atoms with E-state index in [0.29, 0.717) is 6.04 Å². The van der Waals surface area contributed by atoms with Gasteiger partial charge in [-0.3, -0.25) is 4.90 Å². The van der Waals surface area contributed by atoms with Crippen LogP contribution in [0, 0.1) is 6.92 Å². The van der Waals surface area contributed by atoms with Crippen molar-refractivity contribution in [3.63, 3.8) is 0 Å². The van der Waals surface area contributed by atoms with Crippen LogP contribution in [0.15, 0.2) is 11.4 Å². The highest BCUT2D eigenvalue weighted by Crippen LogP contribution is 2.35. The van der Waals surface area contributed by atoms with E-state index in [-0.39, 0.29) is 0 Å². The van der Waals surface area contributed by atoms with Crippen LogP contribution in [-0.4, -0.2) is 23.0 Å². The van der Waals surface area contributed by atoms with Gasteiger partial charge in [0.1, 0.15) is 0 Å². The van der Waals surface area contributed by atoms with Crippen LogP contribution in [-0.2, 0) is 6.54 Å². The van der Waals surface area contributed by atoms with E-state index in [2.05, 4.69) is 23.3 Å². The lowest BCUT2D eigenvalue weighted by molar-refractivity contribution is 0.0252. The smallest absolute Gasteiger partial charge is 0.0336 e. The summed E-state index contributed by atoms with van der Waals surface area (Å²) < 4.78 is 0. The molecular weight excluding hydrogens is 228 g/mol. The molecular formula is C14H22N2S. The van der Waals surface area contributed by atoms with E-state index in [4.69, 9.17) is 5.73 Å². The number of nitrogens with two attached hydrogens (primary N) is 1. The number of thiophene rings is 1. The van der Waals surface area contributed by atoms with Crippen molar-refractivity contribution in [3.8, 4) is 0 Å². The van der Waals surface area contributed by atoms with E-state index in [1.165, 1.54) is 37.7 Å². The van der Waals surface area contributed by atoms with Crippen LogP contribution in [0.5, 0.6) is 0 Å². The fraction of sp³-hybridized carbons (Fsp3) is 0.714. The van der Waals surface area contributed by atoms with Crippen LogP contribution in [0.3, 0.4) is 0 Å². The molecule has 2 atom stereocenters. The van der Waals surface area contributed by atoms with E-state index < -0.39 is 0 Å². The summed E-state index contributed by atoms with van der Waals surface area (Å²) in [6.07, 6.45) is 6.53. The lowest BCUT2D eigenvalue weighted by Crippen LogP contribution is -2.54. The second kappa shape index (κ2) is 4.71. The number of fused-ring (bicyclic) bond motifs is 2. The number of hydrogen-bond acceptors (Lipinski definition) is 3. The molecule has 2 bridgehead atoms. The van der Waals surface area contributed by atoms with Gasteiger partial charge in [0.05, 0.1) is 0 Å². The molecule has 17 heavy (non-hydrogen) atoms. The average Bonchev–Trinajstić information content (AvgIpc) is 2.66. The minimum Gasteiger partial charge on any atom is -0.328 e. The monoisotopic (exact) mass is 250 g/mol. The number of piperidine rings is 2. The van der Waals surface area contributed by atoms with Gasteiger partial charge in [-0.1, -0.05) is 6.42 Å². The molecule has 2 unspecified atom stereocenters. The van der Waals surface area contributed by atoms with Crippen LogP contribution in [0.25, 0.3) is 0 Å². The van der Waals surface area contributed by atoms with Crippen LogP contribution in [0.4, 0.5) is 0 Å². The first kappa shape index (κ1) is 11.7. The second-order valence-corrected chi connectivity index (χ2v) is 6.67. The Morgan fingerprint density at radius 3 is 2.65 bits per heavy atom. The molecule has 3 heteroatoms. The Morgan fingerprint density at radius 1 is 1.35 bits per heavy atom. The summed E-state index contributed by atoms with van der Waals surface area (Å²) in [7, 11) is 0. The van der Waals surface area contributed by atoms with Gasteiger partial charge in [-0.15, -0.1) is 11.3 Å². The molecule has 0 radical (unpaired) electrons. The molecule has 0 saturated carbocycles. The van der Waals surface area contributed by atoms with Crippen molar-refractivity contribution in [1.82, 2.24) is 4.90 Å². The highest BCUT2D eigenvalue weighted by Gasteiger charge is 2.36. The van der Waals surface area contributed by atoms with Crippen LogP contribution in [0.1, 0.15) is 42.5 Å². The Labute approximate surface area is 108 Å². The van der Waals surface area contributed by atoms with Gasteiger partial charge in [0.25, 0.3) is 0 Å². The molecule has 3 rings (SSSR count). The maximum absolute atomic E-state index is 6.17. The minimum absolute atomic E-state index is 0.450. The molecule has 2 aliphatic heterocycles. The van der Waals surface area contributed by atoms with Gasteiger partial charge < -0.3 is 5.73 Å². The first-order chi connectivity index (χ1) is 8.24. The largest absolute Gasteiger partial charge is 0.328 e. The Kier molecular flexibility index (Phi) is 3.24. The molecule has 1 aromatic heterocycles. The van der Waals surface area contributed by atoms with Crippen molar-refractivity contribution in [2.24, 2.45) is 5.73 Å². The summed E-state index contributed by atoms with van der Waals surface area (Å²) in [5, 5.41) is 2.22. The van der Waals surface area contributed by atoms with E-state index in [1.807, 2.05) is 11.3 Å². The molecule has 2 fully saturated rings. The third kappa shape index (κ3) is 2.28. The summed E-state index contributed by atoms with van der Waals surface area (Å²) in [5.41, 5.74) is 7.63. The number of nitrogens with zero attached hydrogens (tertiary/aromatic N) is 1. The third-order valence-electron chi connectivity index (χ3n) is 4.46. The molecule has 0 aromatic carbocycles. The highest BCUT2D eigenvalue weighted by molar-refractivity contribution is 7.10. The third-order valence-corrected chi connectivity index (χ3v) is 5.46. The molecule has 0 amide bonds. The molecule has 3 heterocycles. The Hall–Kier alpha value is -0.380. The van der Waals surface area contributed by atoms with Gasteiger partial charge in [0.2, 0.25) is 0 Å². The van der Waals surface area contributed by atoms with Crippen LogP contribution < -0.4 is 5.73 Å². The SMILES string of the molecule is Cc1ccsc1CN1C2CCCC1CC(N)C2. The minimum atomic E-state index is 0.450. The van der Waals surface area contributed by atoms with E-state index >= 15 is 0 Å². The van der Waals surface area contributed by atoms with Crippen molar-refractivity contribution in [2.45, 2.75) is 63.7 Å². The maximum Gasteiger partial charge on any atom is 0.0336 e. The van der Waals surface area contributed by atoms with Crippen molar-refractivity contribution in [1.29, 1.82) is 0 Å². The van der Waals surface area contributed by atoms with Crippen molar-refractivity contribution in [2.75, 3.05) is 0 Å². The zero-order valence-corrected chi connectivity index (χ0v) is 11.4. The molecule has 2 aliphatic rings. The van der Waals surface area contributed by atoms with Gasteiger partial charge in [-0.25, -0.2) is 0 Å². The van der Waals surface area contributed by atoms with Crippen molar-refractivity contribution in [3.05, 3.63) is 21.9 Å². The predicted octanol–water partition coefficient (Wildman–Crippen LogP) is 2.90. The standard InChI is InChI=1S/C14H22N2S/c1-10-5-6-17-14(10)9-16-12-3-2-4-13(16)8-11(15)7-12/h5-6,11-13H,2-4,7-9,15H2,1H3. The van der Waals surface area contributed by atoms with Gasteiger partial charge in [0.15, 0.2) is 0 Å². The second-order valence-electron chi connectivity index (χ2n) is 5.67. The average molecular weight is 250 g/mol. The molecule has 2 nitrogen and oxygen atoms in total. The summed E-state index contributed by atoms with van der Waals surface area (Å²) in [6, 6.07) is 4.19. The van der Waals surface area contributed by atoms with E-state index in [1.54, 1.807) is 4.88 Å². The Bertz CT molecular complexity index is 373. The van der Waals surface area contributed by atoms with Crippen molar-refractivity contribution < 1.29 is 0 Å². The number of aryl methyl sites for hydroxylation is 1. The van der Waals surface area contributed by atoms with Gasteiger partial charge in [-0.2, -0.15) is 0 Å². The first-order valence-corrected chi connectivity index (χ1v) is 7.66. The summed E-state index contributed by atoms with van der Waals surface area (Å²) in [5.74, 6) is 0. The first-order valence-electron chi connectivity index (χ1n) is 6.78. The van der Waals surface area contributed by atoms with Gasteiger partial charge in [-0.05, 0) is 49.6 Å². The Morgan fingerprint density at radius 2 is 2.06 bits per heavy atom. The zero-order chi connectivity index (χ0) is 11.8. The zero-order valence-electron chi connectivity index (χ0n) is 10.6. The molecule has 1 aromatic rings. The normalized spacial score (nSPS) is 33.9. The molecule has 94 valence electrons. The fourth-order valence-corrected chi connectivity index (χ4v) is 4.42. The Balaban J connectivity index is 1.76. The molecule has 2 N–H and O–H groups in total. The van der Waals surface area contributed by atoms with E-state index in [9.17, 15) is 0 Å². The number of hydrogen-bond donors (Lipinski definition) is 1. The summed E-state index contributed by atoms with van der Waals surface area (Å²) in [4.78, 5) is 4.29. The summed E-state index contributed by atoms with van der Waals surface area (Å²) in [6.45, 7) is 3.39. The van der Waals surface area contributed by atoms with Crippen LogP contribution >= 0.6 is 11.3 Å².